The van der Waals surface area contributed by atoms with Crippen LogP contribution < -0.4 is 16.0 Å². The number of carbonyl (C=O) groups is 4. The first-order valence-corrected chi connectivity index (χ1v) is 21.8. The number of likely N-dealkylation sites (tertiary alicyclic amines) is 1. The summed E-state index contributed by atoms with van der Waals surface area (Å²) in [6.07, 6.45) is -8.74. The quantitative estimate of drug-likeness (QED) is 0.0208. The zero-order valence-corrected chi connectivity index (χ0v) is 39.5. The molecule has 1 radical (unpaired) electrons. The molecule has 23 heteroatoms. The molecule has 1 saturated heterocycles. The maximum Gasteiger partial charge on any atom is 0.242 e. The zero-order chi connectivity index (χ0) is 46.5. The van der Waals surface area contributed by atoms with Gasteiger partial charge in [0.25, 0.3) is 0 Å². The van der Waals surface area contributed by atoms with E-state index < -0.39 is 80.3 Å². The second-order valence-electron chi connectivity index (χ2n) is 15.6. The minimum Gasteiger partial charge on any atom is -0.396 e. The number of rotatable bonds is 37. The molecular formula is C40H76N4O18Y. The Morgan fingerprint density at radius 2 is 1.13 bits per heavy atom. The van der Waals surface area contributed by atoms with E-state index in [1.165, 1.54) is 0 Å². The fourth-order valence-electron chi connectivity index (χ4n) is 6.68. The Morgan fingerprint density at radius 1 is 0.619 bits per heavy atom. The molecule has 1 fully saturated rings. The third-order valence-electron chi connectivity index (χ3n) is 10.6. The summed E-state index contributed by atoms with van der Waals surface area (Å²) in [6.45, 7) is -0.0641. The molecule has 0 aromatic carbocycles. The third kappa shape index (κ3) is 25.8. The Kier molecular flexibility index (Phi) is 35.6. The molecule has 4 amide bonds. The van der Waals surface area contributed by atoms with E-state index in [2.05, 4.69) is 16.0 Å². The van der Waals surface area contributed by atoms with Crippen LogP contribution in [0.2, 0.25) is 0 Å². The first-order valence-electron chi connectivity index (χ1n) is 21.8. The molecule has 0 spiro atoms. The van der Waals surface area contributed by atoms with Crippen LogP contribution >= 0.6 is 0 Å². The number of hydrogen-bond donors (Lipinski definition) is 14. The molecule has 0 bridgehead atoms. The number of amides is 4. The molecule has 367 valence electrons. The van der Waals surface area contributed by atoms with Crippen molar-refractivity contribution in [1.29, 1.82) is 0 Å². The van der Waals surface area contributed by atoms with Gasteiger partial charge in [-0.1, -0.05) is 6.42 Å². The van der Waals surface area contributed by atoms with Crippen LogP contribution in [0.5, 0.6) is 0 Å². The summed E-state index contributed by atoms with van der Waals surface area (Å²) in [4.78, 5) is 52.8. The van der Waals surface area contributed by atoms with Gasteiger partial charge < -0.3 is 91.2 Å². The number of aliphatic hydroxyl groups excluding tert-OH is 11. The number of nitrogens with zero attached hydrogens (tertiary/aromatic N) is 1. The summed E-state index contributed by atoms with van der Waals surface area (Å²) in [7, 11) is 1.57. The second kappa shape index (κ2) is 36.5. The molecule has 8 unspecified atom stereocenters. The van der Waals surface area contributed by atoms with Crippen LogP contribution in [-0.4, -0.2) is 212 Å². The largest absolute Gasteiger partial charge is 0.396 e. The monoisotopic (exact) mass is 989 g/mol. The molecule has 1 heterocycles. The Balaban J connectivity index is 0.0000384. The molecule has 1 aliphatic heterocycles. The molecule has 0 aromatic rings. The summed E-state index contributed by atoms with van der Waals surface area (Å²) >= 11 is 0. The van der Waals surface area contributed by atoms with Gasteiger partial charge in [0, 0.05) is 105 Å². The normalized spacial score (nSPS) is 19.5. The molecule has 0 saturated carbocycles. The molecule has 0 aliphatic carbocycles. The first-order chi connectivity index (χ1) is 29.6. The first kappa shape index (κ1) is 61.4. The second-order valence-corrected chi connectivity index (χ2v) is 15.6. The van der Waals surface area contributed by atoms with E-state index in [-0.39, 0.29) is 115 Å². The van der Waals surface area contributed by atoms with Crippen molar-refractivity contribution in [3.63, 3.8) is 0 Å². The summed E-state index contributed by atoms with van der Waals surface area (Å²) < 4.78 is 15.5. The van der Waals surface area contributed by atoms with Crippen LogP contribution in [0.3, 0.4) is 0 Å². The van der Waals surface area contributed by atoms with Crippen LogP contribution in [0.15, 0.2) is 0 Å². The number of methoxy groups -OCH3 is 1. The Labute approximate surface area is 394 Å². The summed E-state index contributed by atoms with van der Waals surface area (Å²) in [5, 5.41) is 115. The van der Waals surface area contributed by atoms with Gasteiger partial charge >= 0.3 is 0 Å². The van der Waals surface area contributed by atoms with Crippen molar-refractivity contribution in [2.24, 2.45) is 0 Å². The van der Waals surface area contributed by atoms with E-state index in [0.29, 0.717) is 83.8 Å². The standard InChI is InChI=1S/C40H76N4O18.Y/c1-60-27-23-26(25-47)44(24-27)33(52)14-3-2-7-18-42-38(57)28(43-32(51)13-6-10-22-62-40(59)37(56)35(54)30(49)16-20-46)11-4-8-17-41-31(50)12-5-9-21-61-39(58)36(55)34(53)29(48)15-19-45;/h26-30,34-37,39-40,45-49,53-56,58-59H,2-25H2,1H3,(H,41,50)(H,42,57)(H,43,51);/t26-,27+,28+,29?,30?,34?,35?,36?,37?,39?,40?;/m0./s1. The fourth-order valence-corrected chi connectivity index (χ4v) is 6.68. The van der Waals surface area contributed by atoms with Crippen LogP contribution in [0.4, 0.5) is 0 Å². The maximum atomic E-state index is 13.2. The Bertz CT molecular complexity index is 1230. The van der Waals surface area contributed by atoms with E-state index >= 15 is 0 Å². The average Bonchev–Trinajstić information content (AvgIpc) is 3.69. The molecule has 14 N–H and O–H groups in total. The third-order valence-corrected chi connectivity index (χ3v) is 10.6. The smallest absolute Gasteiger partial charge is 0.242 e. The van der Waals surface area contributed by atoms with Crippen LogP contribution in [0, 0.1) is 0 Å². The average molecular weight is 990 g/mol. The molecule has 0 aromatic heterocycles. The van der Waals surface area contributed by atoms with E-state index in [0.717, 1.165) is 0 Å². The van der Waals surface area contributed by atoms with Crippen molar-refractivity contribution in [3.8, 4) is 0 Å². The Morgan fingerprint density at radius 3 is 1.65 bits per heavy atom. The van der Waals surface area contributed by atoms with Crippen molar-refractivity contribution in [3.05, 3.63) is 0 Å². The Hall–Kier alpha value is -1.58. The van der Waals surface area contributed by atoms with Crippen molar-refractivity contribution in [2.75, 3.05) is 59.8 Å². The van der Waals surface area contributed by atoms with Crippen LogP contribution in [-0.2, 0) is 66.1 Å². The predicted molar refractivity (Wildman–Crippen MR) is 219 cm³/mol. The van der Waals surface area contributed by atoms with E-state index in [1.807, 2.05) is 0 Å². The van der Waals surface area contributed by atoms with Gasteiger partial charge in [0.15, 0.2) is 12.6 Å². The fraction of sp³-hybridized carbons (Fsp3) is 0.900. The number of ether oxygens (including phenoxy) is 3. The van der Waals surface area contributed by atoms with Crippen molar-refractivity contribution in [1.82, 2.24) is 20.9 Å². The predicted octanol–water partition coefficient (Wildman–Crippen LogP) is -4.02. The molecular weight excluding hydrogens is 913 g/mol. The van der Waals surface area contributed by atoms with Gasteiger partial charge in [-0.3, -0.25) is 19.2 Å². The number of aliphatic hydroxyl groups is 11. The number of nitrogens with one attached hydrogen (secondary N) is 3. The van der Waals surface area contributed by atoms with Crippen molar-refractivity contribution >= 4 is 23.6 Å². The number of carbonyl (C=O) groups excluding carboxylic acids is 4. The van der Waals surface area contributed by atoms with Crippen molar-refractivity contribution in [2.45, 2.75) is 170 Å². The van der Waals surface area contributed by atoms with Gasteiger partial charge in [0.2, 0.25) is 23.6 Å². The van der Waals surface area contributed by atoms with Gasteiger partial charge in [-0.25, -0.2) is 0 Å². The number of hydrogen-bond acceptors (Lipinski definition) is 18. The number of unbranched alkanes of at least 4 members (excludes halogenated alkanes) is 5. The van der Waals surface area contributed by atoms with Crippen LogP contribution in [0.1, 0.15) is 103 Å². The minimum atomic E-state index is -1.83. The van der Waals surface area contributed by atoms with Crippen LogP contribution in [0.25, 0.3) is 0 Å². The molecule has 1 rings (SSSR count). The SMILES string of the molecule is CO[C@@H]1C[C@@H](CO)N(C(=O)CCCCCNC(=O)[C@@H](CCCCNC(=O)CCCCOC(O)C(O)C(O)C(O)CCO)NC(=O)CCCCOC(O)C(O)C(O)C(O)CCO)C1.[Y]. The van der Waals surface area contributed by atoms with E-state index in [9.17, 15) is 65.1 Å². The summed E-state index contributed by atoms with van der Waals surface area (Å²) in [6, 6.07) is -1.15. The molecule has 1 aliphatic rings. The topological polar surface area (TPSA) is 358 Å². The molecule has 11 atom stereocenters. The molecule has 63 heavy (non-hydrogen) atoms. The van der Waals surface area contributed by atoms with Gasteiger partial charge in [-0.05, 0) is 77.0 Å². The molecule has 22 nitrogen and oxygen atoms in total. The van der Waals surface area contributed by atoms with E-state index in [1.54, 1.807) is 12.0 Å². The van der Waals surface area contributed by atoms with Gasteiger partial charge in [-0.15, -0.1) is 0 Å². The minimum absolute atomic E-state index is 0. The summed E-state index contributed by atoms with van der Waals surface area (Å²) in [5.41, 5.74) is 0. The van der Waals surface area contributed by atoms with Gasteiger partial charge in [-0.2, -0.15) is 0 Å². The zero-order valence-electron chi connectivity index (χ0n) is 36.6. The maximum absolute atomic E-state index is 13.2. The summed E-state index contributed by atoms with van der Waals surface area (Å²) in [5.74, 6) is -1.12. The van der Waals surface area contributed by atoms with E-state index in [4.69, 9.17) is 24.4 Å². The van der Waals surface area contributed by atoms with Gasteiger partial charge in [0.1, 0.15) is 30.5 Å². The van der Waals surface area contributed by atoms with Crippen molar-refractivity contribution < 1.29 is 122 Å². The van der Waals surface area contributed by atoms with Gasteiger partial charge in [0.05, 0.1) is 31.0 Å².